The Morgan fingerprint density at radius 2 is 1.70 bits per heavy atom. The Labute approximate surface area is 249 Å². The highest BCUT2D eigenvalue weighted by molar-refractivity contribution is 8.25. The van der Waals surface area contributed by atoms with Gasteiger partial charge in [-0.1, -0.05) is 42.5 Å². The van der Waals surface area contributed by atoms with Crippen LogP contribution in [-0.2, 0) is 7.05 Å². The minimum atomic E-state index is -2.82. The van der Waals surface area contributed by atoms with E-state index in [-0.39, 0.29) is 11.4 Å². The lowest BCUT2D eigenvalue weighted by atomic mass is 10.1. The summed E-state index contributed by atoms with van der Waals surface area (Å²) >= 11 is 0. The molecule has 12 heteroatoms. The van der Waals surface area contributed by atoms with E-state index in [0.29, 0.717) is 58.4 Å². The lowest BCUT2D eigenvalue weighted by Gasteiger charge is -2.38. The number of aromatic nitrogens is 4. The fourth-order valence-electron chi connectivity index (χ4n) is 5.26. The molecule has 43 heavy (non-hydrogen) atoms. The van der Waals surface area contributed by atoms with Gasteiger partial charge < -0.3 is 11.1 Å². The van der Waals surface area contributed by atoms with Gasteiger partial charge in [0.2, 0.25) is 0 Å². The average molecular weight is 598 g/mol. The number of nitrogens with zero attached hydrogens (tertiary/aromatic N) is 5. The van der Waals surface area contributed by atoms with Crippen molar-refractivity contribution in [2.75, 3.05) is 27.7 Å². The minimum Gasteiger partial charge on any atom is -0.382 e. The Balaban J connectivity index is 1.24. The number of para-hydroxylation sites is 1. The second-order valence-electron chi connectivity index (χ2n) is 10.3. The van der Waals surface area contributed by atoms with Gasteiger partial charge >= 0.3 is 0 Å². The second-order valence-corrected chi connectivity index (χ2v) is 12.4. The van der Waals surface area contributed by atoms with Gasteiger partial charge in [0.15, 0.2) is 0 Å². The molecule has 0 atom stereocenters. The predicted molar refractivity (Wildman–Crippen MR) is 171 cm³/mol. The van der Waals surface area contributed by atoms with Gasteiger partial charge in [-0.05, 0) is 49.7 Å². The lowest BCUT2D eigenvalue weighted by molar-refractivity contribution is 0.102. The Morgan fingerprint density at radius 1 is 0.977 bits per heavy atom. The van der Waals surface area contributed by atoms with E-state index in [1.165, 1.54) is 4.68 Å². The summed E-state index contributed by atoms with van der Waals surface area (Å²) in [4.78, 5) is 35.5. The predicted octanol–water partition coefficient (Wildman–Crippen LogP) is 5.32. The van der Waals surface area contributed by atoms with Crippen molar-refractivity contribution in [1.82, 2.24) is 19.3 Å². The average Bonchev–Trinajstić information content (AvgIpc) is 3.47. The molecule has 1 aliphatic rings. The number of hydrogen-bond acceptors (Lipinski definition) is 8. The Morgan fingerprint density at radius 3 is 2.40 bits per heavy atom. The lowest BCUT2D eigenvalue weighted by Crippen LogP contribution is -2.25. The maximum atomic E-state index is 13.2. The first-order valence-electron chi connectivity index (χ1n) is 13.7. The number of rotatable bonds is 6. The number of anilines is 3. The summed E-state index contributed by atoms with van der Waals surface area (Å²) in [6.45, 7) is 2.31. The van der Waals surface area contributed by atoms with E-state index >= 15 is 0 Å². The van der Waals surface area contributed by atoms with Gasteiger partial charge in [-0.3, -0.25) is 27.7 Å². The van der Waals surface area contributed by atoms with Gasteiger partial charge in [-0.15, -0.1) is 10.8 Å². The zero-order valence-electron chi connectivity index (χ0n) is 23.6. The molecule has 5 aromatic rings. The van der Waals surface area contributed by atoms with Crippen LogP contribution >= 0.6 is 10.8 Å². The highest BCUT2D eigenvalue weighted by atomic mass is 32.3. The van der Waals surface area contributed by atoms with Gasteiger partial charge in [-0.25, -0.2) is 14.6 Å². The normalized spacial score (nSPS) is 14.9. The SMILES string of the molecule is Cc1c(C(=O)Nc2ccc(-c3nc(-c4cccc(N5CCCS5(O)O)c4)cnc3N)cc2)c(=O)n(-c2ccccc2)n1C. The molecule has 6 rings (SSSR count). The van der Waals surface area contributed by atoms with E-state index in [2.05, 4.69) is 10.3 Å². The monoisotopic (exact) mass is 597 g/mol. The molecule has 1 amide bonds. The number of carbonyl (C=O) groups is 1. The highest BCUT2D eigenvalue weighted by Crippen LogP contribution is 2.51. The molecule has 220 valence electrons. The molecule has 2 aromatic heterocycles. The van der Waals surface area contributed by atoms with Crippen LogP contribution in [0.5, 0.6) is 0 Å². The third kappa shape index (κ3) is 5.27. The zero-order chi connectivity index (χ0) is 30.3. The molecule has 0 aliphatic carbocycles. The quantitative estimate of drug-likeness (QED) is 0.205. The first-order valence-corrected chi connectivity index (χ1v) is 15.3. The van der Waals surface area contributed by atoms with Gasteiger partial charge in [0.25, 0.3) is 11.5 Å². The third-order valence-electron chi connectivity index (χ3n) is 7.56. The van der Waals surface area contributed by atoms with E-state index in [1.54, 1.807) is 53.4 Å². The van der Waals surface area contributed by atoms with Crippen molar-refractivity contribution in [1.29, 1.82) is 0 Å². The van der Waals surface area contributed by atoms with Crippen molar-refractivity contribution in [3.8, 4) is 28.2 Å². The summed E-state index contributed by atoms with van der Waals surface area (Å²) in [5.41, 5.74) is 10.8. The minimum absolute atomic E-state index is 0.0654. The summed E-state index contributed by atoms with van der Waals surface area (Å²) in [6, 6.07) is 23.6. The van der Waals surface area contributed by atoms with E-state index in [0.717, 1.165) is 5.56 Å². The molecule has 0 saturated carbocycles. The van der Waals surface area contributed by atoms with E-state index in [1.807, 2.05) is 54.6 Å². The maximum absolute atomic E-state index is 13.2. The topological polar surface area (TPSA) is 152 Å². The molecule has 11 nitrogen and oxygen atoms in total. The summed E-state index contributed by atoms with van der Waals surface area (Å²) < 4.78 is 25.6. The Kier molecular flexibility index (Phi) is 7.26. The van der Waals surface area contributed by atoms with Gasteiger partial charge in [-0.2, -0.15) is 0 Å². The van der Waals surface area contributed by atoms with Gasteiger partial charge in [0.1, 0.15) is 17.1 Å². The molecular weight excluding hydrogens is 566 g/mol. The van der Waals surface area contributed by atoms with Gasteiger partial charge in [0, 0.05) is 30.4 Å². The first-order chi connectivity index (χ1) is 20.6. The van der Waals surface area contributed by atoms with Crippen LogP contribution in [0.15, 0.2) is 89.9 Å². The van der Waals surface area contributed by atoms with Crippen LogP contribution in [0.3, 0.4) is 0 Å². The summed E-state index contributed by atoms with van der Waals surface area (Å²) in [5.74, 6) is 0.0963. The molecule has 1 aliphatic heterocycles. The van der Waals surface area contributed by atoms with E-state index < -0.39 is 22.2 Å². The van der Waals surface area contributed by atoms with E-state index in [9.17, 15) is 18.7 Å². The maximum Gasteiger partial charge on any atom is 0.284 e. The van der Waals surface area contributed by atoms with Crippen molar-refractivity contribution in [2.45, 2.75) is 13.3 Å². The Hall–Kier alpha value is -4.91. The van der Waals surface area contributed by atoms with Gasteiger partial charge in [0.05, 0.1) is 34.7 Å². The zero-order valence-corrected chi connectivity index (χ0v) is 24.5. The molecule has 3 heterocycles. The number of nitrogens with one attached hydrogen (secondary N) is 1. The Bertz CT molecular complexity index is 1890. The summed E-state index contributed by atoms with van der Waals surface area (Å²) in [7, 11) is -1.08. The smallest absolute Gasteiger partial charge is 0.284 e. The number of amides is 1. The van der Waals surface area contributed by atoms with Crippen LogP contribution in [0.2, 0.25) is 0 Å². The third-order valence-corrected chi connectivity index (χ3v) is 9.50. The summed E-state index contributed by atoms with van der Waals surface area (Å²) in [6.07, 6.45) is 2.30. The molecule has 0 radical (unpaired) electrons. The van der Waals surface area contributed by atoms with Crippen LogP contribution in [-0.4, -0.2) is 46.6 Å². The molecule has 0 unspecified atom stereocenters. The molecule has 0 spiro atoms. The number of hydrogen-bond donors (Lipinski definition) is 4. The molecule has 1 fully saturated rings. The second kappa shape index (κ2) is 11.1. The molecule has 0 bridgehead atoms. The first kappa shape index (κ1) is 28.2. The number of nitrogen functional groups attached to an aromatic ring is 1. The van der Waals surface area contributed by atoms with Crippen LogP contribution in [0.4, 0.5) is 17.2 Å². The number of carbonyl (C=O) groups excluding carboxylic acids is 1. The van der Waals surface area contributed by atoms with Crippen molar-refractivity contribution in [3.05, 3.63) is 107 Å². The van der Waals surface area contributed by atoms with Crippen molar-refractivity contribution in [3.63, 3.8) is 0 Å². The molecule has 1 saturated heterocycles. The van der Waals surface area contributed by atoms with Crippen LogP contribution in [0, 0.1) is 6.92 Å². The standard InChI is InChI=1S/C31H31N7O4S/c1-20-27(31(40)38(36(20)2)24-9-4-3-5-10-24)30(39)34-23-14-12-21(13-15-23)28-29(32)33-19-26(35-28)22-8-6-11-25(18-22)37-16-7-17-43(37,41)42/h3-6,8-15,18-19,41-42H,7,16-17H2,1-2H3,(H2,32,33)(H,34,39). The fourth-order valence-corrected chi connectivity index (χ4v) is 6.87. The largest absolute Gasteiger partial charge is 0.382 e. The molecule has 5 N–H and O–H groups in total. The van der Waals surface area contributed by atoms with E-state index in [4.69, 9.17) is 10.7 Å². The fraction of sp³-hybridized carbons (Fsp3) is 0.161. The van der Waals surface area contributed by atoms with Crippen LogP contribution < -0.4 is 20.9 Å². The number of benzene rings is 3. The molecular formula is C31H31N7O4S. The number of nitrogens with two attached hydrogens (primary N) is 1. The van der Waals surface area contributed by atoms with Crippen molar-refractivity contribution in [2.24, 2.45) is 7.05 Å². The highest BCUT2D eigenvalue weighted by Gasteiger charge is 2.29. The van der Waals surface area contributed by atoms with Crippen LogP contribution in [0.25, 0.3) is 28.2 Å². The van der Waals surface area contributed by atoms with Crippen LogP contribution in [0.1, 0.15) is 22.5 Å². The van der Waals surface area contributed by atoms with Crippen molar-refractivity contribution < 1.29 is 13.9 Å². The summed E-state index contributed by atoms with van der Waals surface area (Å²) in [5, 5.41) is 2.83. The molecule has 3 aromatic carbocycles. The van der Waals surface area contributed by atoms with Crippen molar-refractivity contribution >= 4 is 33.9 Å².